The quantitative estimate of drug-likeness (QED) is 0.875. The van der Waals surface area contributed by atoms with Crippen LogP contribution >= 0.6 is 0 Å². The van der Waals surface area contributed by atoms with E-state index in [9.17, 15) is 14.3 Å². The van der Waals surface area contributed by atoms with Gasteiger partial charge in [0.1, 0.15) is 5.82 Å². The van der Waals surface area contributed by atoms with Crippen molar-refractivity contribution in [2.45, 2.75) is 18.9 Å². The van der Waals surface area contributed by atoms with Crippen LogP contribution in [-0.2, 0) is 10.4 Å². The van der Waals surface area contributed by atoms with Crippen molar-refractivity contribution in [1.29, 1.82) is 0 Å². The van der Waals surface area contributed by atoms with Crippen LogP contribution in [0.15, 0.2) is 30.3 Å². The van der Waals surface area contributed by atoms with Gasteiger partial charge in [0, 0.05) is 18.7 Å². The molecule has 3 rings (SSSR count). The van der Waals surface area contributed by atoms with Gasteiger partial charge in [0.25, 0.3) is 5.91 Å². The molecule has 0 spiro atoms. The number of aromatic nitrogens is 4. The molecule has 8 heteroatoms. The molecule has 1 aromatic heterocycles. The van der Waals surface area contributed by atoms with E-state index in [-0.39, 0.29) is 0 Å². The topological polar surface area (TPSA) is 95.0 Å². The van der Waals surface area contributed by atoms with Crippen LogP contribution in [0.5, 0.6) is 0 Å². The number of nitrogens with one attached hydrogen (secondary N) is 1. The summed E-state index contributed by atoms with van der Waals surface area (Å²) in [5, 5.41) is 24.3. The average molecular weight is 317 g/mol. The lowest BCUT2D eigenvalue weighted by Crippen LogP contribution is -2.46. The van der Waals surface area contributed by atoms with Crippen LogP contribution < -0.4 is 0 Å². The Bertz CT molecular complexity index is 725. The molecule has 1 aliphatic heterocycles. The normalized spacial score (nSPS) is 17.5. The van der Waals surface area contributed by atoms with Gasteiger partial charge in [0.15, 0.2) is 11.4 Å². The molecule has 0 fully saturated rings. The second kappa shape index (κ2) is 5.88. The van der Waals surface area contributed by atoms with E-state index >= 15 is 0 Å². The first-order valence-electron chi connectivity index (χ1n) is 7.19. The van der Waals surface area contributed by atoms with Crippen LogP contribution in [0.2, 0.25) is 0 Å². The Balaban J connectivity index is 1.75. The number of halogens is 1. The molecule has 1 atom stereocenters. The van der Waals surface area contributed by atoms with E-state index in [0.717, 1.165) is 5.57 Å². The standard InChI is InChI=1S/C15H16FN5O2/c1-15(23,11-2-4-12(16)5-3-11)14(22)21-8-6-10(7-9-21)13-17-19-20-18-13/h2-6,23H,7-9H2,1H3,(H,17,18,19,20). The Morgan fingerprint density at radius 3 is 2.70 bits per heavy atom. The van der Waals surface area contributed by atoms with E-state index in [4.69, 9.17) is 0 Å². The molecule has 120 valence electrons. The number of benzene rings is 1. The predicted molar refractivity (Wildman–Crippen MR) is 79.3 cm³/mol. The molecular weight excluding hydrogens is 301 g/mol. The van der Waals surface area contributed by atoms with Crippen molar-refractivity contribution in [2.24, 2.45) is 0 Å². The number of tetrazole rings is 1. The zero-order valence-electron chi connectivity index (χ0n) is 12.5. The van der Waals surface area contributed by atoms with Crippen LogP contribution in [0.3, 0.4) is 0 Å². The molecule has 0 bridgehead atoms. The summed E-state index contributed by atoms with van der Waals surface area (Å²) < 4.78 is 13.0. The molecular formula is C15H16FN5O2. The van der Waals surface area contributed by atoms with Gasteiger partial charge in [-0.25, -0.2) is 4.39 Å². The highest BCUT2D eigenvalue weighted by molar-refractivity contribution is 5.86. The largest absolute Gasteiger partial charge is 0.376 e. The smallest absolute Gasteiger partial charge is 0.259 e. The second-order valence-corrected chi connectivity index (χ2v) is 5.55. The van der Waals surface area contributed by atoms with Gasteiger partial charge in [0.2, 0.25) is 0 Å². The van der Waals surface area contributed by atoms with E-state index < -0.39 is 17.3 Å². The van der Waals surface area contributed by atoms with Crippen LogP contribution in [0.1, 0.15) is 24.7 Å². The number of H-pyrrole nitrogens is 1. The number of rotatable bonds is 3. The second-order valence-electron chi connectivity index (χ2n) is 5.55. The van der Waals surface area contributed by atoms with Gasteiger partial charge in [-0.1, -0.05) is 18.2 Å². The maximum Gasteiger partial charge on any atom is 0.259 e. The van der Waals surface area contributed by atoms with Crippen molar-refractivity contribution in [2.75, 3.05) is 13.1 Å². The Labute approximate surface area is 131 Å². The van der Waals surface area contributed by atoms with Crippen molar-refractivity contribution in [3.8, 4) is 0 Å². The molecule has 1 amide bonds. The van der Waals surface area contributed by atoms with E-state index in [1.54, 1.807) is 4.90 Å². The molecule has 0 saturated heterocycles. The van der Waals surface area contributed by atoms with Gasteiger partial charge in [-0.2, -0.15) is 5.21 Å². The van der Waals surface area contributed by atoms with E-state index in [1.807, 2.05) is 6.08 Å². The number of carbonyl (C=O) groups is 1. The van der Waals surface area contributed by atoms with Crippen molar-refractivity contribution in [3.05, 3.63) is 47.5 Å². The lowest BCUT2D eigenvalue weighted by molar-refractivity contribution is -0.150. The summed E-state index contributed by atoms with van der Waals surface area (Å²) in [4.78, 5) is 14.2. The summed E-state index contributed by atoms with van der Waals surface area (Å²) in [6.45, 7) is 2.21. The van der Waals surface area contributed by atoms with Gasteiger partial charge in [-0.3, -0.25) is 4.79 Å². The number of amides is 1. The molecule has 0 aliphatic carbocycles. The summed E-state index contributed by atoms with van der Waals surface area (Å²) in [5.41, 5.74) is -0.438. The van der Waals surface area contributed by atoms with E-state index in [0.29, 0.717) is 30.9 Å². The van der Waals surface area contributed by atoms with Crippen molar-refractivity contribution in [3.63, 3.8) is 0 Å². The number of aromatic amines is 1. The Morgan fingerprint density at radius 1 is 1.39 bits per heavy atom. The van der Waals surface area contributed by atoms with Gasteiger partial charge >= 0.3 is 0 Å². The minimum absolute atomic E-state index is 0.347. The SMILES string of the molecule is CC(O)(C(=O)N1CC=C(c2nn[nH]n2)CC1)c1ccc(F)cc1. The summed E-state index contributed by atoms with van der Waals surface area (Å²) in [5.74, 6) is -0.322. The molecule has 7 nitrogen and oxygen atoms in total. The summed E-state index contributed by atoms with van der Waals surface area (Å²) in [7, 11) is 0. The average Bonchev–Trinajstić information content (AvgIpc) is 3.09. The molecule has 1 aliphatic rings. The molecule has 1 aromatic carbocycles. The predicted octanol–water partition coefficient (Wildman–Crippen LogP) is 0.862. The Kier molecular flexibility index (Phi) is 3.91. The number of carbonyl (C=O) groups excluding carboxylic acids is 1. The van der Waals surface area contributed by atoms with Crippen molar-refractivity contribution in [1.82, 2.24) is 25.5 Å². The fraction of sp³-hybridized carbons (Fsp3) is 0.333. The fourth-order valence-electron chi connectivity index (χ4n) is 2.56. The molecule has 0 radical (unpaired) electrons. The molecule has 2 aromatic rings. The van der Waals surface area contributed by atoms with Gasteiger partial charge in [0.05, 0.1) is 0 Å². The highest BCUT2D eigenvalue weighted by Crippen LogP contribution is 2.26. The van der Waals surface area contributed by atoms with Crippen molar-refractivity contribution < 1.29 is 14.3 Å². The van der Waals surface area contributed by atoms with Crippen molar-refractivity contribution >= 4 is 11.5 Å². The molecule has 2 heterocycles. The Hall–Kier alpha value is -2.61. The zero-order valence-corrected chi connectivity index (χ0v) is 12.5. The summed E-state index contributed by atoms with van der Waals surface area (Å²) in [6, 6.07) is 5.28. The number of hydrogen-bond donors (Lipinski definition) is 2. The van der Waals surface area contributed by atoms with Crippen LogP contribution in [0, 0.1) is 5.82 Å². The highest BCUT2D eigenvalue weighted by atomic mass is 19.1. The third-order valence-electron chi connectivity index (χ3n) is 3.95. The van der Waals surface area contributed by atoms with Gasteiger partial charge in [-0.05, 0) is 36.3 Å². The summed E-state index contributed by atoms with van der Waals surface area (Å²) >= 11 is 0. The highest BCUT2D eigenvalue weighted by Gasteiger charge is 2.36. The molecule has 0 saturated carbocycles. The van der Waals surface area contributed by atoms with Crippen LogP contribution in [0.25, 0.3) is 5.57 Å². The summed E-state index contributed by atoms with van der Waals surface area (Å²) in [6.07, 6.45) is 2.41. The third-order valence-corrected chi connectivity index (χ3v) is 3.95. The number of nitrogens with zero attached hydrogens (tertiary/aromatic N) is 4. The van der Waals surface area contributed by atoms with E-state index in [2.05, 4.69) is 20.6 Å². The molecule has 2 N–H and O–H groups in total. The Morgan fingerprint density at radius 2 is 2.13 bits per heavy atom. The van der Waals surface area contributed by atoms with Crippen LogP contribution in [0.4, 0.5) is 4.39 Å². The molecule has 1 unspecified atom stereocenters. The van der Waals surface area contributed by atoms with Gasteiger partial charge < -0.3 is 10.0 Å². The van der Waals surface area contributed by atoms with Crippen LogP contribution in [-0.4, -0.2) is 49.6 Å². The maximum absolute atomic E-state index is 13.0. The lowest BCUT2D eigenvalue weighted by atomic mass is 9.93. The number of hydrogen-bond acceptors (Lipinski definition) is 5. The first-order chi connectivity index (χ1) is 11.0. The number of aliphatic hydroxyl groups is 1. The monoisotopic (exact) mass is 317 g/mol. The van der Waals surface area contributed by atoms with E-state index in [1.165, 1.54) is 31.2 Å². The lowest BCUT2D eigenvalue weighted by Gasteiger charge is -2.32. The fourth-order valence-corrected chi connectivity index (χ4v) is 2.56. The third kappa shape index (κ3) is 2.98. The first kappa shape index (κ1) is 15.3. The minimum Gasteiger partial charge on any atom is -0.376 e. The maximum atomic E-state index is 13.0. The molecule has 23 heavy (non-hydrogen) atoms. The zero-order chi connectivity index (χ0) is 16.4. The minimum atomic E-state index is -1.70. The van der Waals surface area contributed by atoms with Gasteiger partial charge in [-0.15, -0.1) is 10.2 Å². The first-order valence-corrected chi connectivity index (χ1v) is 7.19.